The molecular weight excluding hydrogens is 322 g/mol. The molecule has 0 saturated heterocycles. The minimum absolute atomic E-state index is 0.314. The number of aromatic nitrogens is 2. The highest BCUT2D eigenvalue weighted by Gasteiger charge is 2.12. The van der Waals surface area contributed by atoms with Gasteiger partial charge in [-0.05, 0) is 35.7 Å². The van der Waals surface area contributed by atoms with Crippen molar-refractivity contribution in [1.82, 2.24) is 9.55 Å². The van der Waals surface area contributed by atoms with E-state index in [9.17, 15) is 5.11 Å². The lowest BCUT2D eigenvalue weighted by Gasteiger charge is -2.09. The molecule has 2 N–H and O–H groups in total. The number of rotatable bonds is 6. The van der Waals surface area contributed by atoms with Crippen LogP contribution in [0.3, 0.4) is 0 Å². The van der Waals surface area contributed by atoms with Gasteiger partial charge in [0, 0.05) is 42.8 Å². The van der Waals surface area contributed by atoms with Gasteiger partial charge in [0.05, 0.1) is 5.39 Å². The van der Waals surface area contributed by atoms with Crippen LogP contribution < -0.4 is 5.32 Å². The first kappa shape index (κ1) is 16.2. The van der Waals surface area contributed by atoms with E-state index in [0.717, 1.165) is 35.0 Å². The molecule has 0 amide bonds. The standard InChI is InChI=1S/C22H21N3O/c26-22-21-19(16-25(22)14-11-17-5-2-1-3-6-17)7-4-8-20(21)24-15-18-9-12-23-13-10-18/h1-10,12-13,16,24,26H,11,14-15H2. The summed E-state index contributed by atoms with van der Waals surface area (Å²) in [5.74, 6) is 0.314. The van der Waals surface area contributed by atoms with Crippen LogP contribution in [0, 0.1) is 0 Å². The minimum atomic E-state index is 0.314. The third-order valence-corrected chi connectivity index (χ3v) is 4.60. The fourth-order valence-corrected chi connectivity index (χ4v) is 3.21. The Morgan fingerprint density at radius 2 is 1.69 bits per heavy atom. The summed E-state index contributed by atoms with van der Waals surface area (Å²) >= 11 is 0. The number of benzene rings is 2. The Kier molecular flexibility index (Phi) is 4.56. The van der Waals surface area contributed by atoms with Crippen LogP contribution in [0.25, 0.3) is 10.8 Å². The molecule has 0 unspecified atom stereocenters. The first-order valence-corrected chi connectivity index (χ1v) is 8.79. The second kappa shape index (κ2) is 7.31. The summed E-state index contributed by atoms with van der Waals surface area (Å²) in [4.78, 5) is 4.04. The topological polar surface area (TPSA) is 50.1 Å². The lowest BCUT2D eigenvalue weighted by molar-refractivity contribution is 0.422. The van der Waals surface area contributed by atoms with Crippen molar-refractivity contribution in [2.75, 3.05) is 5.32 Å². The molecule has 0 spiro atoms. The maximum atomic E-state index is 10.8. The first-order valence-electron chi connectivity index (χ1n) is 8.79. The third kappa shape index (κ3) is 3.40. The second-order valence-electron chi connectivity index (χ2n) is 6.36. The summed E-state index contributed by atoms with van der Waals surface area (Å²) < 4.78 is 1.93. The molecule has 2 heterocycles. The van der Waals surface area contributed by atoms with Crippen molar-refractivity contribution >= 4 is 16.5 Å². The van der Waals surface area contributed by atoms with Gasteiger partial charge in [0.25, 0.3) is 0 Å². The van der Waals surface area contributed by atoms with Crippen LogP contribution in [0.1, 0.15) is 11.1 Å². The van der Waals surface area contributed by atoms with Gasteiger partial charge in [-0.15, -0.1) is 0 Å². The minimum Gasteiger partial charge on any atom is -0.494 e. The monoisotopic (exact) mass is 343 g/mol. The number of fused-ring (bicyclic) bond motifs is 1. The Bertz CT molecular complexity index is 994. The van der Waals surface area contributed by atoms with Gasteiger partial charge in [-0.2, -0.15) is 0 Å². The molecule has 0 fully saturated rings. The molecule has 4 heteroatoms. The molecule has 2 aromatic heterocycles. The first-order chi connectivity index (χ1) is 12.8. The predicted octanol–water partition coefficient (Wildman–Crippen LogP) is 4.60. The maximum Gasteiger partial charge on any atom is 0.201 e. The Morgan fingerprint density at radius 3 is 2.50 bits per heavy atom. The van der Waals surface area contributed by atoms with E-state index in [1.54, 1.807) is 12.4 Å². The van der Waals surface area contributed by atoms with Crippen LogP contribution in [-0.2, 0) is 19.5 Å². The highest BCUT2D eigenvalue weighted by molar-refractivity contribution is 5.98. The van der Waals surface area contributed by atoms with Crippen LogP contribution in [0.4, 0.5) is 5.69 Å². The second-order valence-corrected chi connectivity index (χ2v) is 6.36. The highest BCUT2D eigenvalue weighted by atomic mass is 16.3. The van der Waals surface area contributed by atoms with Gasteiger partial charge in [-0.1, -0.05) is 42.5 Å². The summed E-state index contributed by atoms with van der Waals surface area (Å²) in [7, 11) is 0. The van der Waals surface area contributed by atoms with E-state index in [0.29, 0.717) is 12.4 Å². The van der Waals surface area contributed by atoms with E-state index in [4.69, 9.17) is 0 Å². The number of nitrogens with zero attached hydrogens (tertiary/aromatic N) is 2. The van der Waals surface area contributed by atoms with E-state index in [-0.39, 0.29) is 0 Å². The summed E-state index contributed by atoms with van der Waals surface area (Å²) in [5.41, 5.74) is 3.36. The van der Waals surface area contributed by atoms with Crippen molar-refractivity contribution in [1.29, 1.82) is 0 Å². The molecule has 0 bridgehead atoms. The summed E-state index contributed by atoms with van der Waals surface area (Å²) in [6.45, 7) is 1.44. The van der Waals surface area contributed by atoms with Gasteiger partial charge in [-0.3, -0.25) is 4.98 Å². The molecular formula is C22H21N3O. The lowest BCUT2D eigenvalue weighted by Crippen LogP contribution is -2.00. The number of hydrogen-bond acceptors (Lipinski definition) is 3. The fourth-order valence-electron chi connectivity index (χ4n) is 3.21. The van der Waals surface area contributed by atoms with Crippen LogP contribution in [0.15, 0.2) is 79.3 Å². The van der Waals surface area contributed by atoms with Gasteiger partial charge >= 0.3 is 0 Å². The molecule has 0 atom stereocenters. The van der Waals surface area contributed by atoms with Gasteiger partial charge in [-0.25, -0.2) is 0 Å². The van der Waals surface area contributed by atoms with Crippen molar-refractivity contribution in [2.24, 2.45) is 0 Å². The molecule has 26 heavy (non-hydrogen) atoms. The van der Waals surface area contributed by atoms with Gasteiger partial charge in [0.2, 0.25) is 5.88 Å². The van der Waals surface area contributed by atoms with Crippen LogP contribution in [0.5, 0.6) is 5.88 Å². The van der Waals surface area contributed by atoms with Crippen LogP contribution in [-0.4, -0.2) is 14.7 Å². The maximum absolute atomic E-state index is 10.8. The smallest absolute Gasteiger partial charge is 0.201 e. The summed E-state index contributed by atoms with van der Waals surface area (Å²) in [6, 6.07) is 20.4. The molecule has 0 aliphatic rings. The number of anilines is 1. The zero-order chi connectivity index (χ0) is 17.8. The highest BCUT2D eigenvalue weighted by Crippen LogP contribution is 2.34. The normalized spacial score (nSPS) is 10.9. The number of pyridine rings is 1. The quantitative estimate of drug-likeness (QED) is 0.538. The van der Waals surface area contributed by atoms with Crippen molar-refractivity contribution in [3.63, 3.8) is 0 Å². The van der Waals surface area contributed by atoms with Crippen molar-refractivity contribution < 1.29 is 5.11 Å². The van der Waals surface area contributed by atoms with Gasteiger partial charge in [0.15, 0.2) is 0 Å². The van der Waals surface area contributed by atoms with Crippen molar-refractivity contribution in [2.45, 2.75) is 19.5 Å². The molecule has 2 aromatic carbocycles. The average Bonchev–Trinajstić information content (AvgIpc) is 3.03. The van der Waals surface area contributed by atoms with Crippen LogP contribution >= 0.6 is 0 Å². The Balaban J connectivity index is 1.56. The van der Waals surface area contributed by atoms with Crippen molar-refractivity contribution in [3.8, 4) is 5.88 Å². The molecule has 0 radical (unpaired) electrons. The molecule has 0 aliphatic heterocycles. The average molecular weight is 343 g/mol. The Hall–Kier alpha value is -3.27. The Morgan fingerprint density at radius 1 is 0.885 bits per heavy atom. The number of hydrogen-bond donors (Lipinski definition) is 2. The molecule has 0 saturated carbocycles. The van der Waals surface area contributed by atoms with Crippen molar-refractivity contribution in [3.05, 3.63) is 90.4 Å². The van der Waals surface area contributed by atoms with E-state index in [2.05, 4.69) is 22.4 Å². The number of aromatic hydroxyl groups is 1. The SMILES string of the molecule is Oc1c2c(NCc3ccncc3)cccc2cn1CCc1ccccc1. The predicted molar refractivity (Wildman–Crippen MR) is 105 cm³/mol. The van der Waals surface area contributed by atoms with E-state index in [1.807, 2.05) is 59.3 Å². The van der Waals surface area contributed by atoms with Gasteiger partial charge in [0.1, 0.15) is 0 Å². The molecule has 4 nitrogen and oxygen atoms in total. The largest absolute Gasteiger partial charge is 0.494 e. The zero-order valence-corrected chi connectivity index (χ0v) is 14.5. The zero-order valence-electron chi connectivity index (χ0n) is 14.5. The fraction of sp³-hybridized carbons (Fsp3) is 0.136. The van der Waals surface area contributed by atoms with E-state index in [1.165, 1.54) is 5.56 Å². The number of aryl methyl sites for hydroxylation is 2. The molecule has 4 rings (SSSR count). The lowest BCUT2D eigenvalue weighted by atomic mass is 10.1. The number of nitrogens with one attached hydrogen (secondary N) is 1. The summed E-state index contributed by atoms with van der Waals surface area (Å²) in [6.07, 6.45) is 6.48. The molecule has 130 valence electrons. The van der Waals surface area contributed by atoms with E-state index < -0.39 is 0 Å². The van der Waals surface area contributed by atoms with Gasteiger partial charge < -0.3 is 15.0 Å². The van der Waals surface area contributed by atoms with Crippen LogP contribution in [0.2, 0.25) is 0 Å². The summed E-state index contributed by atoms with van der Waals surface area (Å²) in [5, 5.41) is 16.1. The Labute approximate surface area is 152 Å². The molecule has 0 aliphatic carbocycles. The third-order valence-electron chi connectivity index (χ3n) is 4.60. The molecule has 4 aromatic rings. The van der Waals surface area contributed by atoms with E-state index >= 15 is 0 Å².